The fourth-order valence-corrected chi connectivity index (χ4v) is 2.44. The second kappa shape index (κ2) is 6.52. The van der Waals surface area contributed by atoms with Gasteiger partial charge in [0, 0.05) is 12.2 Å². The number of hydrogen-bond acceptors (Lipinski definition) is 3. The number of nitrogens with one attached hydrogen (secondary N) is 2. The fourth-order valence-electron chi connectivity index (χ4n) is 2.44. The zero-order chi connectivity index (χ0) is 13.7. The number of urea groups is 1. The summed E-state index contributed by atoms with van der Waals surface area (Å²) < 4.78 is 0. The molecular formula is C14H22N4O. The van der Waals surface area contributed by atoms with Gasteiger partial charge in [0.25, 0.3) is 0 Å². The van der Waals surface area contributed by atoms with E-state index in [0.29, 0.717) is 11.7 Å². The van der Waals surface area contributed by atoms with E-state index in [2.05, 4.69) is 34.5 Å². The van der Waals surface area contributed by atoms with Gasteiger partial charge in [0.05, 0.1) is 0 Å². The van der Waals surface area contributed by atoms with Crippen LogP contribution in [0.3, 0.4) is 0 Å². The molecule has 1 fully saturated rings. The first-order chi connectivity index (χ1) is 9.15. The van der Waals surface area contributed by atoms with E-state index in [9.17, 15) is 4.79 Å². The number of nitrogens with zero attached hydrogens (tertiary/aromatic N) is 2. The lowest BCUT2D eigenvalue weighted by Crippen LogP contribution is -2.44. The van der Waals surface area contributed by atoms with Crippen LogP contribution in [0.4, 0.5) is 10.6 Å². The molecule has 104 valence electrons. The van der Waals surface area contributed by atoms with Crippen molar-refractivity contribution in [1.29, 1.82) is 0 Å². The maximum atomic E-state index is 11.9. The molecule has 2 rings (SSSR count). The predicted octanol–water partition coefficient (Wildman–Crippen LogP) is 1.93. The minimum Gasteiger partial charge on any atom is -0.335 e. The van der Waals surface area contributed by atoms with Gasteiger partial charge in [-0.05, 0) is 58.0 Å². The first kappa shape index (κ1) is 13.8. The molecule has 1 aromatic heterocycles. The molecule has 1 saturated heterocycles. The number of amides is 2. The van der Waals surface area contributed by atoms with Gasteiger partial charge in [0.1, 0.15) is 5.82 Å². The van der Waals surface area contributed by atoms with Crippen LogP contribution in [0.25, 0.3) is 0 Å². The topological polar surface area (TPSA) is 57.3 Å². The highest BCUT2D eigenvalue weighted by atomic mass is 16.2. The number of anilines is 1. The van der Waals surface area contributed by atoms with Gasteiger partial charge in [-0.15, -0.1) is 0 Å². The third-order valence-electron chi connectivity index (χ3n) is 3.74. The van der Waals surface area contributed by atoms with Crippen molar-refractivity contribution in [1.82, 2.24) is 15.2 Å². The zero-order valence-corrected chi connectivity index (χ0v) is 11.6. The van der Waals surface area contributed by atoms with Crippen molar-refractivity contribution in [2.75, 3.05) is 25.5 Å². The van der Waals surface area contributed by atoms with Crippen LogP contribution in [0.2, 0.25) is 0 Å². The smallest absolute Gasteiger partial charge is 0.320 e. The van der Waals surface area contributed by atoms with Gasteiger partial charge in [0.2, 0.25) is 0 Å². The Morgan fingerprint density at radius 2 is 2.16 bits per heavy atom. The first-order valence-electron chi connectivity index (χ1n) is 6.82. The standard InChI is InChI=1S/C14H22N4O/c1-11(12-6-9-18(2)10-7-12)16-14(19)17-13-5-3-4-8-15-13/h3-5,8,11-12H,6-7,9-10H2,1-2H3,(H2,15,16,17,19)/t11-/m0/s1. The highest BCUT2D eigenvalue weighted by Crippen LogP contribution is 2.19. The van der Waals surface area contributed by atoms with E-state index < -0.39 is 0 Å². The molecular weight excluding hydrogens is 240 g/mol. The van der Waals surface area contributed by atoms with E-state index in [0.717, 1.165) is 25.9 Å². The predicted molar refractivity (Wildman–Crippen MR) is 76.1 cm³/mol. The van der Waals surface area contributed by atoms with Gasteiger partial charge in [-0.25, -0.2) is 9.78 Å². The molecule has 0 spiro atoms. The molecule has 1 aliphatic heterocycles. The molecule has 0 saturated carbocycles. The SMILES string of the molecule is C[C@H](NC(=O)Nc1ccccn1)C1CCN(C)CC1. The highest BCUT2D eigenvalue weighted by molar-refractivity contribution is 5.88. The summed E-state index contributed by atoms with van der Waals surface area (Å²) in [5, 5.41) is 5.75. The van der Waals surface area contributed by atoms with Gasteiger partial charge in [0.15, 0.2) is 0 Å². The maximum absolute atomic E-state index is 11.9. The number of pyridine rings is 1. The molecule has 1 aliphatic rings. The van der Waals surface area contributed by atoms with Gasteiger partial charge >= 0.3 is 6.03 Å². The minimum absolute atomic E-state index is 0.176. The van der Waals surface area contributed by atoms with Crippen LogP contribution in [-0.4, -0.2) is 42.1 Å². The van der Waals surface area contributed by atoms with Crippen LogP contribution in [0, 0.1) is 5.92 Å². The summed E-state index contributed by atoms with van der Waals surface area (Å²) in [4.78, 5) is 18.3. The summed E-state index contributed by atoms with van der Waals surface area (Å²) >= 11 is 0. The van der Waals surface area contributed by atoms with Gasteiger partial charge in [-0.1, -0.05) is 6.07 Å². The summed E-state index contributed by atoms with van der Waals surface area (Å²) in [6, 6.07) is 5.47. The Morgan fingerprint density at radius 1 is 1.42 bits per heavy atom. The lowest BCUT2D eigenvalue weighted by Gasteiger charge is -2.32. The Kier molecular flexibility index (Phi) is 4.74. The number of carbonyl (C=O) groups is 1. The quantitative estimate of drug-likeness (QED) is 0.875. The van der Waals surface area contributed by atoms with Crippen LogP contribution < -0.4 is 10.6 Å². The van der Waals surface area contributed by atoms with Crippen LogP contribution in [0.5, 0.6) is 0 Å². The number of likely N-dealkylation sites (tertiary alicyclic amines) is 1. The summed E-state index contributed by atoms with van der Waals surface area (Å²) in [5.41, 5.74) is 0. The Bertz CT molecular complexity index is 401. The van der Waals surface area contributed by atoms with E-state index in [1.54, 1.807) is 12.3 Å². The van der Waals surface area contributed by atoms with Gasteiger partial charge < -0.3 is 10.2 Å². The largest absolute Gasteiger partial charge is 0.335 e. The fraction of sp³-hybridized carbons (Fsp3) is 0.571. The van der Waals surface area contributed by atoms with Crippen molar-refractivity contribution in [3.63, 3.8) is 0 Å². The molecule has 2 N–H and O–H groups in total. The van der Waals surface area contributed by atoms with Crippen LogP contribution in [0.15, 0.2) is 24.4 Å². The summed E-state index contributed by atoms with van der Waals surface area (Å²) in [6.45, 7) is 4.30. The lowest BCUT2D eigenvalue weighted by molar-refractivity contribution is 0.189. The van der Waals surface area contributed by atoms with Gasteiger partial charge in [-0.2, -0.15) is 0 Å². The van der Waals surface area contributed by atoms with Crippen molar-refractivity contribution >= 4 is 11.8 Å². The van der Waals surface area contributed by atoms with E-state index in [1.807, 2.05) is 12.1 Å². The third-order valence-corrected chi connectivity index (χ3v) is 3.74. The van der Waals surface area contributed by atoms with Crippen LogP contribution in [-0.2, 0) is 0 Å². The minimum atomic E-state index is -0.176. The summed E-state index contributed by atoms with van der Waals surface area (Å²) in [5.74, 6) is 1.14. The number of aromatic nitrogens is 1. The Labute approximate surface area is 114 Å². The molecule has 0 radical (unpaired) electrons. The van der Waals surface area contributed by atoms with E-state index >= 15 is 0 Å². The van der Waals surface area contributed by atoms with E-state index in [4.69, 9.17) is 0 Å². The van der Waals surface area contributed by atoms with Crippen molar-refractivity contribution in [2.45, 2.75) is 25.8 Å². The average Bonchev–Trinajstić information content (AvgIpc) is 2.40. The van der Waals surface area contributed by atoms with Crippen LogP contribution >= 0.6 is 0 Å². The third kappa shape index (κ3) is 4.21. The second-order valence-corrected chi connectivity index (χ2v) is 5.24. The molecule has 0 aliphatic carbocycles. The molecule has 5 nitrogen and oxygen atoms in total. The lowest BCUT2D eigenvalue weighted by atomic mass is 9.91. The van der Waals surface area contributed by atoms with Gasteiger partial charge in [-0.3, -0.25) is 5.32 Å². The van der Waals surface area contributed by atoms with Crippen molar-refractivity contribution < 1.29 is 4.79 Å². The normalized spacial score (nSPS) is 18.8. The van der Waals surface area contributed by atoms with Crippen LogP contribution in [0.1, 0.15) is 19.8 Å². The Hall–Kier alpha value is -1.62. The molecule has 5 heteroatoms. The molecule has 2 heterocycles. The average molecular weight is 262 g/mol. The van der Waals surface area contributed by atoms with E-state index in [1.165, 1.54) is 0 Å². The number of carbonyl (C=O) groups excluding carboxylic acids is 1. The highest BCUT2D eigenvalue weighted by Gasteiger charge is 2.23. The summed E-state index contributed by atoms with van der Waals surface area (Å²) in [6.07, 6.45) is 3.94. The van der Waals surface area contributed by atoms with Crippen molar-refractivity contribution in [3.8, 4) is 0 Å². The van der Waals surface area contributed by atoms with E-state index in [-0.39, 0.29) is 12.1 Å². The number of rotatable bonds is 3. The molecule has 2 amide bonds. The molecule has 0 unspecified atom stereocenters. The monoisotopic (exact) mass is 262 g/mol. The number of hydrogen-bond donors (Lipinski definition) is 2. The Morgan fingerprint density at radius 3 is 2.79 bits per heavy atom. The number of piperidine rings is 1. The second-order valence-electron chi connectivity index (χ2n) is 5.24. The molecule has 0 aromatic carbocycles. The molecule has 0 bridgehead atoms. The van der Waals surface area contributed by atoms with Crippen molar-refractivity contribution in [2.24, 2.45) is 5.92 Å². The molecule has 1 aromatic rings. The Balaban J connectivity index is 1.78. The zero-order valence-electron chi connectivity index (χ0n) is 11.6. The molecule has 19 heavy (non-hydrogen) atoms. The maximum Gasteiger partial charge on any atom is 0.320 e. The van der Waals surface area contributed by atoms with Crippen molar-refractivity contribution in [3.05, 3.63) is 24.4 Å². The molecule has 1 atom stereocenters. The first-order valence-corrected chi connectivity index (χ1v) is 6.82. The summed E-state index contributed by atoms with van der Waals surface area (Å²) in [7, 11) is 2.14.